The fourth-order valence-electron chi connectivity index (χ4n) is 2.85. The highest BCUT2D eigenvalue weighted by Gasteiger charge is 2.20. The summed E-state index contributed by atoms with van der Waals surface area (Å²) >= 11 is 1.65. The minimum Gasteiger partial charge on any atom is -0.346 e. The third-order valence-electron chi connectivity index (χ3n) is 4.13. The Balaban J connectivity index is 1.43. The lowest BCUT2D eigenvalue weighted by molar-refractivity contribution is 0.199. The number of anilines is 1. The highest BCUT2D eigenvalue weighted by molar-refractivity contribution is 7.13. The van der Waals surface area contributed by atoms with E-state index in [1.54, 1.807) is 17.5 Å². The Labute approximate surface area is 146 Å². The van der Waals surface area contributed by atoms with E-state index in [1.165, 1.54) is 0 Å². The first kappa shape index (κ1) is 16.8. The summed E-state index contributed by atoms with van der Waals surface area (Å²) in [5.74, 6) is 0.340. The van der Waals surface area contributed by atoms with Crippen molar-refractivity contribution < 1.29 is 4.79 Å². The van der Waals surface area contributed by atoms with Crippen LogP contribution in [-0.2, 0) is 6.54 Å². The molecular weight excluding hydrogens is 324 g/mol. The van der Waals surface area contributed by atoms with E-state index >= 15 is 0 Å². The van der Waals surface area contributed by atoms with Crippen LogP contribution in [-0.4, -0.2) is 58.4 Å². The molecule has 1 unspecified atom stereocenters. The van der Waals surface area contributed by atoms with Gasteiger partial charge in [0.05, 0.1) is 0 Å². The summed E-state index contributed by atoms with van der Waals surface area (Å²) in [5.41, 5.74) is 0. The Morgan fingerprint density at radius 2 is 2.25 bits per heavy atom. The van der Waals surface area contributed by atoms with E-state index in [0.717, 1.165) is 44.3 Å². The summed E-state index contributed by atoms with van der Waals surface area (Å²) < 4.78 is 1.90. The van der Waals surface area contributed by atoms with Crippen molar-refractivity contribution in [3.05, 3.63) is 30.0 Å². The van der Waals surface area contributed by atoms with Crippen LogP contribution in [0.4, 0.5) is 9.93 Å². The number of nitrogens with one attached hydrogen (secondary N) is 1. The van der Waals surface area contributed by atoms with Crippen LogP contribution in [0.15, 0.2) is 30.0 Å². The molecule has 0 radical (unpaired) electrons. The van der Waals surface area contributed by atoms with Crippen molar-refractivity contribution in [2.24, 2.45) is 5.92 Å². The Kier molecular flexibility index (Phi) is 5.68. The lowest BCUT2D eigenvalue weighted by Gasteiger charge is -2.23. The van der Waals surface area contributed by atoms with Gasteiger partial charge >= 0.3 is 6.03 Å². The fraction of sp³-hybridized carbons (Fsp3) is 0.562. The number of rotatable bonds is 5. The van der Waals surface area contributed by atoms with Gasteiger partial charge in [0.25, 0.3) is 0 Å². The maximum Gasteiger partial charge on any atom is 0.317 e. The van der Waals surface area contributed by atoms with Crippen LogP contribution in [0.25, 0.3) is 0 Å². The van der Waals surface area contributed by atoms with E-state index in [-0.39, 0.29) is 6.03 Å². The molecule has 2 amide bonds. The van der Waals surface area contributed by atoms with Crippen molar-refractivity contribution >= 4 is 22.5 Å². The largest absolute Gasteiger partial charge is 0.346 e. The second-order valence-electron chi connectivity index (χ2n) is 6.16. The summed E-state index contributed by atoms with van der Waals surface area (Å²) in [6.45, 7) is 6.90. The molecule has 0 bridgehead atoms. The predicted molar refractivity (Wildman–Crippen MR) is 95.3 cm³/mol. The van der Waals surface area contributed by atoms with E-state index in [1.807, 2.05) is 33.4 Å². The normalized spacial score (nSPS) is 16.7. The Hall–Kier alpha value is -2.09. The van der Waals surface area contributed by atoms with Gasteiger partial charge in [-0.2, -0.15) is 5.10 Å². The molecule has 0 saturated carbocycles. The van der Waals surface area contributed by atoms with Crippen molar-refractivity contribution in [1.82, 2.24) is 25.0 Å². The number of nitrogens with zero attached hydrogens (tertiary/aromatic N) is 5. The van der Waals surface area contributed by atoms with Gasteiger partial charge in [0.1, 0.15) is 0 Å². The topological polar surface area (TPSA) is 66.3 Å². The van der Waals surface area contributed by atoms with E-state index in [4.69, 9.17) is 0 Å². The average Bonchev–Trinajstić information content (AvgIpc) is 3.23. The highest BCUT2D eigenvalue weighted by atomic mass is 32.1. The number of carbonyl (C=O) groups excluding carboxylic acids is 1. The molecule has 1 fully saturated rings. The van der Waals surface area contributed by atoms with Crippen molar-refractivity contribution in [1.29, 1.82) is 0 Å². The van der Waals surface area contributed by atoms with Gasteiger partial charge in [-0.3, -0.25) is 4.68 Å². The smallest absolute Gasteiger partial charge is 0.317 e. The first-order chi connectivity index (χ1) is 11.7. The molecule has 0 aliphatic carbocycles. The van der Waals surface area contributed by atoms with Gasteiger partial charge in [0, 0.05) is 63.2 Å². The minimum atomic E-state index is 0.0308. The van der Waals surface area contributed by atoms with Crippen LogP contribution >= 0.6 is 11.3 Å². The Bertz CT molecular complexity index is 615. The van der Waals surface area contributed by atoms with Gasteiger partial charge in [0.2, 0.25) is 0 Å². The monoisotopic (exact) mass is 348 g/mol. The van der Waals surface area contributed by atoms with Gasteiger partial charge in [-0.05, 0) is 18.4 Å². The summed E-state index contributed by atoms with van der Waals surface area (Å²) in [6.07, 6.45) is 6.52. The van der Waals surface area contributed by atoms with E-state index in [2.05, 4.69) is 27.2 Å². The molecule has 8 heteroatoms. The molecular formula is C16H24N6OS. The van der Waals surface area contributed by atoms with E-state index < -0.39 is 0 Å². The number of aromatic nitrogens is 3. The molecule has 1 aliphatic rings. The quantitative estimate of drug-likeness (QED) is 0.896. The Morgan fingerprint density at radius 1 is 1.33 bits per heavy atom. The maximum atomic E-state index is 12.4. The van der Waals surface area contributed by atoms with E-state index in [9.17, 15) is 4.79 Å². The number of thiazole rings is 1. The van der Waals surface area contributed by atoms with Crippen LogP contribution in [0, 0.1) is 5.92 Å². The molecule has 1 N–H and O–H groups in total. The van der Waals surface area contributed by atoms with Crippen LogP contribution in [0.1, 0.15) is 13.3 Å². The molecule has 2 aromatic rings. The minimum absolute atomic E-state index is 0.0308. The summed E-state index contributed by atoms with van der Waals surface area (Å²) in [7, 11) is 0. The third-order valence-corrected chi connectivity index (χ3v) is 4.96. The maximum absolute atomic E-state index is 12.4. The standard InChI is InChI=1S/C16H24N6OS/c1-14(13-22-8-2-4-19-22)12-18-15(23)20-6-3-7-21(10-9-20)16-17-5-11-24-16/h2,4-5,8,11,14H,3,6-7,9-10,12-13H2,1H3,(H,18,23). The van der Waals surface area contributed by atoms with Gasteiger partial charge < -0.3 is 15.1 Å². The molecule has 1 saturated heterocycles. The molecule has 3 rings (SSSR count). The van der Waals surface area contributed by atoms with E-state index in [0.29, 0.717) is 12.5 Å². The molecule has 2 aromatic heterocycles. The summed E-state index contributed by atoms with van der Waals surface area (Å²) in [6, 6.07) is 1.94. The molecule has 3 heterocycles. The van der Waals surface area contributed by atoms with Crippen molar-refractivity contribution in [3.8, 4) is 0 Å². The lowest BCUT2D eigenvalue weighted by atomic mass is 10.2. The van der Waals surface area contributed by atoms with Gasteiger partial charge in [-0.1, -0.05) is 6.92 Å². The number of hydrogen-bond acceptors (Lipinski definition) is 5. The third kappa shape index (κ3) is 4.47. The zero-order valence-electron chi connectivity index (χ0n) is 14.0. The summed E-state index contributed by atoms with van der Waals surface area (Å²) in [4.78, 5) is 20.9. The van der Waals surface area contributed by atoms with Gasteiger partial charge in [-0.15, -0.1) is 11.3 Å². The predicted octanol–water partition coefficient (Wildman–Crippen LogP) is 1.90. The molecule has 1 aliphatic heterocycles. The second kappa shape index (κ2) is 8.14. The SMILES string of the molecule is CC(CNC(=O)N1CCCN(c2nccs2)CC1)Cn1cccn1. The molecule has 130 valence electrons. The molecule has 0 spiro atoms. The number of urea groups is 1. The van der Waals surface area contributed by atoms with Crippen LogP contribution in [0.2, 0.25) is 0 Å². The first-order valence-electron chi connectivity index (χ1n) is 8.37. The van der Waals surface area contributed by atoms with Crippen molar-refractivity contribution in [2.45, 2.75) is 19.9 Å². The molecule has 24 heavy (non-hydrogen) atoms. The summed E-state index contributed by atoms with van der Waals surface area (Å²) in [5, 5.41) is 10.3. The number of hydrogen-bond donors (Lipinski definition) is 1. The zero-order valence-corrected chi connectivity index (χ0v) is 14.8. The lowest BCUT2D eigenvalue weighted by Crippen LogP contribution is -2.43. The fourth-order valence-corrected chi connectivity index (χ4v) is 3.55. The van der Waals surface area contributed by atoms with Crippen LogP contribution in [0.3, 0.4) is 0 Å². The Morgan fingerprint density at radius 3 is 3.00 bits per heavy atom. The van der Waals surface area contributed by atoms with Crippen LogP contribution in [0.5, 0.6) is 0 Å². The zero-order chi connectivity index (χ0) is 16.8. The van der Waals surface area contributed by atoms with Gasteiger partial charge in [0.15, 0.2) is 5.13 Å². The molecule has 0 aromatic carbocycles. The highest BCUT2D eigenvalue weighted by Crippen LogP contribution is 2.19. The van der Waals surface area contributed by atoms with Gasteiger partial charge in [-0.25, -0.2) is 9.78 Å². The van der Waals surface area contributed by atoms with Crippen molar-refractivity contribution in [3.63, 3.8) is 0 Å². The van der Waals surface area contributed by atoms with Crippen molar-refractivity contribution in [2.75, 3.05) is 37.6 Å². The van der Waals surface area contributed by atoms with Crippen LogP contribution < -0.4 is 10.2 Å². The number of amides is 2. The number of carbonyl (C=O) groups is 1. The molecule has 7 nitrogen and oxygen atoms in total. The molecule has 1 atom stereocenters. The first-order valence-corrected chi connectivity index (χ1v) is 9.25. The average molecular weight is 348 g/mol. The second-order valence-corrected chi connectivity index (χ2v) is 7.03.